The Bertz CT molecular complexity index is 896. The van der Waals surface area contributed by atoms with Crippen LogP contribution in [0.3, 0.4) is 0 Å². The van der Waals surface area contributed by atoms with Crippen LogP contribution in [-0.4, -0.2) is 36.2 Å². The van der Waals surface area contributed by atoms with E-state index >= 15 is 0 Å². The number of hydrogen-bond donors (Lipinski definition) is 0. The van der Waals surface area contributed by atoms with E-state index in [-0.39, 0.29) is 24.8 Å². The first-order valence-electron chi connectivity index (χ1n) is 8.55. The quantitative estimate of drug-likeness (QED) is 0.727. The molecule has 2 aromatic rings. The molecule has 0 radical (unpaired) electrons. The maximum absolute atomic E-state index is 14.0. The number of ether oxygens (including phenoxy) is 2. The molecular formula is C20H17F3N2O3. The van der Waals surface area contributed by atoms with Crippen molar-refractivity contribution in [3.05, 3.63) is 71.8 Å². The largest absolute Gasteiger partial charge is 0.463 e. The van der Waals surface area contributed by atoms with Crippen LogP contribution in [0.4, 0.5) is 13.2 Å². The van der Waals surface area contributed by atoms with Crippen LogP contribution < -0.4 is 0 Å². The number of alkyl halides is 3. The van der Waals surface area contributed by atoms with E-state index in [0.29, 0.717) is 11.1 Å². The van der Waals surface area contributed by atoms with E-state index in [1.54, 1.807) is 48.5 Å². The van der Waals surface area contributed by atoms with E-state index in [1.165, 1.54) is 19.1 Å². The molecule has 5 nitrogen and oxygen atoms in total. The van der Waals surface area contributed by atoms with Gasteiger partial charge < -0.3 is 9.47 Å². The molecule has 1 atom stereocenters. The highest BCUT2D eigenvalue weighted by molar-refractivity contribution is 6.07. The van der Waals surface area contributed by atoms with Gasteiger partial charge in [-0.2, -0.15) is 18.2 Å². The smallest absolute Gasteiger partial charge is 0.461 e. The Balaban J connectivity index is 2.11. The fourth-order valence-corrected chi connectivity index (χ4v) is 2.62. The zero-order valence-electron chi connectivity index (χ0n) is 14.9. The molecule has 0 bridgehead atoms. The molecule has 0 fully saturated rings. The SMILES string of the molecule is CCOC(=O)C1(C(F)(F)F)N=C(Cc2ccccc2)N=C(c2ccccc2)O1. The van der Waals surface area contributed by atoms with Crippen molar-refractivity contribution in [3.63, 3.8) is 0 Å². The fourth-order valence-electron chi connectivity index (χ4n) is 2.62. The first kappa shape index (κ1) is 19.6. The molecule has 8 heteroatoms. The maximum atomic E-state index is 14.0. The van der Waals surface area contributed by atoms with Gasteiger partial charge in [0.25, 0.3) is 0 Å². The summed E-state index contributed by atoms with van der Waals surface area (Å²) in [6.07, 6.45) is -5.14. The summed E-state index contributed by atoms with van der Waals surface area (Å²) >= 11 is 0. The molecule has 1 aliphatic heterocycles. The zero-order valence-corrected chi connectivity index (χ0v) is 14.9. The third kappa shape index (κ3) is 3.90. The molecule has 146 valence electrons. The number of nitrogens with zero attached hydrogens (tertiary/aromatic N) is 2. The van der Waals surface area contributed by atoms with Gasteiger partial charge >= 0.3 is 17.9 Å². The van der Waals surface area contributed by atoms with Crippen LogP contribution in [-0.2, 0) is 20.7 Å². The lowest BCUT2D eigenvalue weighted by molar-refractivity contribution is -0.255. The summed E-state index contributed by atoms with van der Waals surface area (Å²) in [4.78, 5) is 20.0. The number of rotatable bonds is 5. The van der Waals surface area contributed by atoms with E-state index in [1.807, 2.05) is 0 Å². The van der Waals surface area contributed by atoms with E-state index < -0.39 is 17.9 Å². The molecule has 1 heterocycles. The summed E-state index contributed by atoms with van der Waals surface area (Å²) in [6.45, 7) is 1.16. The Hall–Kier alpha value is -3.16. The molecule has 2 aromatic carbocycles. The van der Waals surface area contributed by atoms with Gasteiger partial charge in [0.15, 0.2) is 0 Å². The van der Waals surface area contributed by atoms with Gasteiger partial charge in [-0.25, -0.2) is 9.79 Å². The van der Waals surface area contributed by atoms with E-state index in [4.69, 9.17) is 4.74 Å². The molecule has 3 rings (SSSR count). The van der Waals surface area contributed by atoms with Crippen LogP contribution in [0.1, 0.15) is 18.1 Å². The Morgan fingerprint density at radius 2 is 1.68 bits per heavy atom. The molecule has 0 saturated heterocycles. The predicted octanol–water partition coefficient (Wildman–Crippen LogP) is 3.93. The van der Waals surface area contributed by atoms with Crippen molar-refractivity contribution < 1.29 is 27.4 Å². The van der Waals surface area contributed by atoms with Crippen LogP contribution in [0.25, 0.3) is 0 Å². The number of amidine groups is 1. The maximum Gasteiger partial charge on any atom is 0.463 e. The molecule has 1 aliphatic rings. The fraction of sp³-hybridized carbons (Fsp3) is 0.250. The third-order valence-electron chi connectivity index (χ3n) is 3.92. The first-order chi connectivity index (χ1) is 13.4. The summed E-state index contributed by atoms with van der Waals surface area (Å²) in [5.74, 6) is -2.15. The number of halogens is 3. The summed E-state index contributed by atoms with van der Waals surface area (Å²) < 4.78 is 51.7. The van der Waals surface area contributed by atoms with Crippen molar-refractivity contribution in [2.75, 3.05) is 6.61 Å². The second-order valence-electron chi connectivity index (χ2n) is 5.94. The van der Waals surface area contributed by atoms with Crippen LogP contribution >= 0.6 is 0 Å². The molecular weight excluding hydrogens is 373 g/mol. The molecule has 0 aromatic heterocycles. The second kappa shape index (κ2) is 7.84. The highest BCUT2D eigenvalue weighted by Gasteiger charge is 2.67. The molecule has 28 heavy (non-hydrogen) atoms. The summed E-state index contributed by atoms with van der Waals surface area (Å²) in [5.41, 5.74) is -2.51. The molecule has 1 unspecified atom stereocenters. The van der Waals surface area contributed by atoms with Crippen molar-refractivity contribution in [1.82, 2.24) is 0 Å². The normalized spacial score (nSPS) is 19.3. The molecule has 0 saturated carbocycles. The van der Waals surface area contributed by atoms with Crippen LogP contribution in [0.2, 0.25) is 0 Å². The van der Waals surface area contributed by atoms with Crippen molar-refractivity contribution >= 4 is 17.7 Å². The van der Waals surface area contributed by atoms with E-state index in [9.17, 15) is 18.0 Å². The van der Waals surface area contributed by atoms with E-state index in [0.717, 1.165) is 0 Å². The first-order valence-corrected chi connectivity index (χ1v) is 8.55. The van der Waals surface area contributed by atoms with Gasteiger partial charge in [-0.3, -0.25) is 0 Å². The molecule has 0 N–H and O–H groups in total. The standard InChI is InChI=1S/C20H17F3N2O3/c1-2-27-18(26)19(20(21,22)23)25-16(13-14-9-5-3-6-10-14)24-17(28-19)15-11-7-4-8-12-15/h3-12H,2,13H2,1H3. The third-order valence-corrected chi connectivity index (χ3v) is 3.92. The molecule has 0 amide bonds. The Morgan fingerprint density at radius 3 is 2.25 bits per heavy atom. The average Bonchev–Trinajstić information content (AvgIpc) is 2.68. The minimum Gasteiger partial charge on any atom is -0.461 e. The van der Waals surface area contributed by atoms with Gasteiger partial charge in [0.2, 0.25) is 5.90 Å². The van der Waals surface area contributed by atoms with Gasteiger partial charge in [-0.15, -0.1) is 0 Å². The Morgan fingerprint density at radius 1 is 1.07 bits per heavy atom. The van der Waals surface area contributed by atoms with E-state index in [2.05, 4.69) is 14.7 Å². The second-order valence-corrected chi connectivity index (χ2v) is 5.94. The number of hydrogen-bond acceptors (Lipinski definition) is 5. The zero-order chi connectivity index (χ0) is 20.2. The average molecular weight is 390 g/mol. The van der Waals surface area contributed by atoms with Crippen molar-refractivity contribution in [1.29, 1.82) is 0 Å². The summed E-state index contributed by atoms with van der Waals surface area (Å²) in [5, 5.41) is 0. The van der Waals surface area contributed by atoms with Gasteiger partial charge in [0.05, 0.1) is 6.61 Å². The predicted molar refractivity (Wildman–Crippen MR) is 97.1 cm³/mol. The Labute approximate surface area is 159 Å². The summed E-state index contributed by atoms with van der Waals surface area (Å²) in [7, 11) is 0. The van der Waals surface area contributed by atoms with Gasteiger partial charge in [-0.05, 0) is 24.6 Å². The Kier molecular flexibility index (Phi) is 5.48. The lowest BCUT2D eigenvalue weighted by atomic mass is 10.1. The highest BCUT2D eigenvalue weighted by atomic mass is 19.4. The molecule has 0 spiro atoms. The minimum absolute atomic E-state index is 0.00221. The number of benzene rings is 2. The van der Waals surface area contributed by atoms with Gasteiger partial charge in [0, 0.05) is 12.0 Å². The number of esters is 1. The lowest BCUT2D eigenvalue weighted by Gasteiger charge is -2.33. The van der Waals surface area contributed by atoms with Gasteiger partial charge in [0.1, 0.15) is 5.84 Å². The number of carbonyl (C=O) groups is 1. The number of aliphatic imine (C=N–C) groups is 2. The summed E-state index contributed by atoms with van der Waals surface area (Å²) in [6, 6.07) is 16.8. The lowest BCUT2D eigenvalue weighted by Crippen LogP contribution is -2.56. The van der Waals surface area contributed by atoms with Crippen LogP contribution in [0, 0.1) is 0 Å². The monoisotopic (exact) mass is 390 g/mol. The van der Waals surface area contributed by atoms with Crippen molar-refractivity contribution in [3.8, 4) is 0 Å². The van der Waals surface area contributed by atoms with Crippen LogP contribution in [0.15, 0.2) is 70.6 Å². The molecule has 0 aliphatic carbocycles. The van der Waals surface area contributed by atoms with Crippen molar-refractivity contribution in [2.45, 2.75) is 25.2 Å². The highest BCUT2D eigenvalue weighted by Crippen LogP contribution is 2.39. The topological polar surface area (TPSA) is 60.2 Å². The van der Waals surface area contributed by atoms with Crippen LogP contribution in [0.5, 0.6) is 0 Å². The van der Waals surface area contributed by atoms with Gasteiger partial charge in [-0.1, -0.05) is 48.5 Å². The minimum atomic E-state index is -5.14. The number of carbonyl (C=O) groups excluding carboxylic acids is 1. The van der Waals surface area contributed by atoms with Crippen molar-refractivity contribution in [2.24, 2.45) is 9.98 Å².